The van der Waals surface area contributed by atoms with Crippen LogP contribution >= 0.6 is 0 Å². The molecule has 3 aromatic carbocycles. The van der Waals surface area contributed by atoms with Gasteiger partial charge in [-0.3, -0.25) is 9.59 Å². The maximum atomic E-state index is 13.2. The highest BCUT2D eigenvalue weighted by Crippen LogP contribution is 2.40. The molecule has 0 bridgehead atoms. The first-order valence-corrected chi connectivity index (χ1v) is 18.7. The number of amides is 3. The van der Waals surface area contributed by atoms with Gasteiger partial charge in [0.1, 0.15) is 35.9 Å². The Morgan fingerprint density at radius 3 is 2.45 bits per heavy atom. The first kappa shape index (κ1) is 39.3. The summed E-state index contributed by atoms with van der Waals surface area (Å²) in [5.41, 5.74) is 3.24. The molecule has 3 amide bonds. The van der Waals surface area contributed by atoms with Crippen LogP contribution in [0.3, 0.4) is 0 Å². The van der Waals surface area contributed by atoms with Crippen LogP contribution in [0.1, 0.15) is 66.9 Å². The molecule has 4 aromatic rings. The minimum Gasteiger partial charge on any atom is -0.495 e. The highest BCUT2D eigenvalue weighted by molar-refractivity contribution is 6.04. The van der Waals surface area contributed by atoms with Gasteiger partial charge in [-0.2, -0.15) is 4.98 Å². The molecule has 2 atom stereocenters. The minimum atomic E-state index is -1.20. The number of fused-ring (bicyclic) bond motifs is 1. The van der Waals surface area contributed by atoms with Crippen LogP contribution in [0.15, 0.2) is 79.0 Å². The van der Waals surface area contributed by atoms with Gasteiger partial charge in [-0.25, -0.2) is 14.6 Å². The highest BCUT2D eigenvalue weighted by Gasteiger charge is 2.41. The zero-order valence-corrected chi connectivity index (χ0v) is 31.7. The number of hydrogen-bond donors (Lipinski definition) is 4. The summed E-state index contributed by atoms with van der Waals surface area (Å²) in [6.07, 6.45) is 5.82. The Labute approximate surface area is 325 Å². The van der Waals surface area contributed by atoms with Gasteiger partial charge < -0.3 is 45.1 Å². The fraction of sp³-hybridized carbons (Fsp3) is 0.366. The Hall–Kier alpha value is -6.38. The standard InChI is InChI=1S/C41H47N7O8/c1-4-33-38(50)47(2)34-24-43-40(46-36(34)48(33)29-12-8-9-13-29)44-31-19-16-28(22-35(31)54-3)37(49)42-23-26-14-17-30(18-15-26)55-21-20-32(39(51)52)45-41(53)56-25-27-10-6-5-7-11-27/h5-7,10-11,14-19,22,24,29,32-33H,4,8-9,12-13,20-21,23,25H2,1-3H3,(H,42,49)(H,45,53)(H,51,52)(H,43,44,46)/t32-,33+/m0/s1. The van der Waals surface area contributed by atoms with Crippen LogP contribution in [0.2, 0.25) is 0 Å². The van der Waals surface area contributed by atoms with Crippen molar-refractivity contribution in [3.8, 4) is 11.5 Å². The van der Waals surface area contributed by atoms with Crippen molar-refractivity contribution in [3.63, 3.8) is 0 Å². The van der Waals surface area contributed by atoms with E-state index in [0.29, 0.717) is 40.8 Å². The first-order valence-electron chi connectivity index (χ1n) is 18.7. The Morgan fingerprint density at radius 1 is 1.00 bits per heavy atom. The molecular formula is C41H47N7O8. The smallest absolute Gasteiger partial charge is 0.408 e. The molecule has 1 aliphatic heterocycles. The highest BCUT2D eigenvalue weighted by atomic mass is 16.5. The summed E-state index contributed by atoms with van der Waals surface area (Å²) in [6.45, 7) is 2.33. The monoisotopic (exact) mass is 765 g/mol. The molecule has 15 heteroatoms. The van der Waals surface area contributed by atoms with Crippen molar-refractivity contribution in [2.24, 2.45) is 0 Å². The Bertz CT molecular complexity index is 2010. The van der Waals surface area contributed by atoms with Crippen LogP contribution in [0.25, 0.3) is 0 Å². The van der Waals surface area contributed by atoms with E-state index in [0.717, 1.165) is 42.6 Å². The fourth-order valence-corrected chi connectivity index (χ4v) is 6.95. The lowest BCUT2D eigenvalue weighted by molar-refractivity contribution is -0.139. The molecule has 0 unspecified atom stereocenters. The van der Waals surface area contributed by atoms with Crippen molar-refractivity contribution in [1.29, 1.82) is 0 Å². The average molecular weight is 766 g/mol. The number of aliphatic carboxylic acids is 1. The van der Waals surface area contributed by atoms with Crippen molar-refractivity contribution < 1.29 is 38.5 Å². The molecule has 15 nitrogen and oxygen atoms in total. The second-order valence-electron chi connectivity index (χ2n) is 13.7. The Morgan fingerprint density at radius 2 is 1.75 bits per heavy atom. The number of methoxy groups -OCH3 is 1. The van der Waals surface area contributed by atoms with Crippen LogP contribution < -0.4 is 35.2 Å². The molecular weight excluding hydrogens is 718 g/mol. The molecule has 2 heterocycles. The lowest BCUT2D eigenvalue weighted by Gasteiger charge is -2.43. The van der Waals surface area contributed by atoms with Crippen LogP contribution in [0, 0.1) is 0 Å². The summed E-state index contributed by atoms with van der Waals surface area (Å²) >= 11 is 0. The molecule has 4 N–H and O–H groups in total. The summed E-state index contributed by atoms with van der Waals surface area (Å²) < 4.78 is 16.5. The quantitative estimate of drug-likeness (QED) is 0.108. The van der Waals surface area contributed by atoms with Gasteiger partial charge >= 0.3 is 12.1 Å². The molecule has 2 aliphatic rings. The number of carbonyl (C=O) groups is 4. The molecule has 0 radical (unpaired) electrons. The number of carbonyl (C=O) groups excluding carboxylic acids is 3. The second-order valence-corrected chi connectivity index (χ2v) is 13.7. The fourth-order valence-electron chi connectivity index (χ4n) is 6.95. The van der Waals surface area contributed by atoms with E-state index >= 15 is 0 Å². The normalized spacial score (nSPS) is 15.8. The summed E-state index contributed by atoms with van der Waals surface area (Å²) in [7, 11) is 3.29. The molecule has 1 aliphatic carbocycles. The van der Waals surface area contributed by atoms with E-state index in [1.165, 1.54) is 7.11 Å². The molecule has 1 aromatic heterocycles. The van der Waals surface area contributed by atoms with E-state index in [4.69, 9.17) is 19.2 Å². The second kappa shape index (κ2) is 18.3. The molecule has 0 spiro atoms. The van der Waals surface area contributed by atoms with Gasteiger partial charge in [0.05, 0.1) is 25.6 Å². The lowest BCUT2D eigenvalue weighted by atomic mass is 10.0. The number of carboxylic acid groups (broad SMARTS) is 1. The van der Waals surface area contributed by atoms with Gasteiger partial charge in [-0.15, -0.1) is 0 Å². The third-order valence-electron chi connectivity index (χ3n) is 9.98. The molecule has 0 saturated heterocycles. The number of nitrogens with zero attached hydrogens (tertiary/aromatic N) is 4. The molecule has 1 fully saturated rings. The number of likely N-dealkylation sites (N-methyl/N-ethyl adjacent to an activating group) is 1. The van der Waals surface area contributed by atoms with Gasteiger partial charge in [0.2, 0.25) is 11.9 Å². The third kappa shape index (κ3) is 9.46. The number of aromatic nitrogens is 2. The molecule has 6 rings (SSSR count). The number of ether oxygens (including phenoxy) is 3. The van der Waals surface area contributed by atoms with Crippen LogP contribution in [0.5, 0.6) is 11.5 Å². The van der Waals surface area contributed by atoms with Gasteiger partial charge in [-0.05, 0) is 60.7 Å². The topological polar surface area (TPSA) is 185 Å². The van der Waals surface area contributed by atoms with Gasteiger partial charge in [0.15, 0.2) is 5.82 Å². The largest absolute Gasteiger partial charge is 0.495 e. The predicted octanol–water partition coefficient (Wildman–Crippen LogP) is 5.81. The van der Waals surface area contributed by atoms with E-state index in [2.05, 4.69) is 25.8 Å². The predicted molar refractivity (Wildman–Crippen MR) is 209 cm³/mol. The summed E-state index contributed by atoms with van der Waals surface area (Å²) in [5.74, 6) is 0.556. The van der Waals surface area contributed by atoms with Crippen LogP contribution in [-0.4, -0.2) is 77.8 Å². The van der Waals surface area contributed by atoms with Crippen molar-refractivity contribution in [2.45, 2.75) is 76.7 Å². The van der Waals surface area contributed by atoms with Gasteiger partial charge in [0, 0.05) is 31.6 Å². The number of anilines is 4. The van der Waals surface area contributed by atoms with Crippen LogP contribution in [-0.2, 0) is 27.5 Å². The molecule has 56 heavy (non-hydrogen) atoms. The van der Waals surface area contributed by atoms with E-state index in [9.17, 15) is 24.3 Å². The zero-order chi connectivity index (χ0) is 39.6. The maximum absolute atomic E-state index is 13.2. The third-order valence-corrected chi connectivity index (χ3v) is 9.98. The van der Waals surface area contributed by atoms with Crippen molar-refractivity contribution >= 4 is 47.0 Å². The summed E-state index contributed by atoms with van der Waals surface area (Å²) in [5, 5.41) is 18.1. The number of nitrogens with one attached hydrogen (secondary N) is 3. The van der Waals surface area contributed by atoms with Gasteiger partial charge in [-0.1, -0.05) is 62.2 Å². The Balaban J connectivity index is 1.01. The maximum Gasteiger partial charge on any atom is 0.408 e. The summed E-state index contributed by atoms with van der Waals surface area (Å²) in [4.78, 5) is 63.5. The average Bonchev–Trinajstić information content (AvgIpc) is 3.75. The Kier molecular flexibility index (Phi) is 12.8. The summed E-state index contributed by atoms with van der Waals surface area (Å²) in [6, 6.07) is 19.9. The number of carboxylic acids is 1. The van der Waals surface area contributed by atoms with Gasteiger partial charge in [0.25, 0.3) is 5.91 Å². The molecule has 1 saturated carbocycles. The van der Waals surface area contributed by atoms with E-state index in [1.54, 1.807) is 72.7 Å². The number of rotatable bonds is 16. The van der Waals surface area contributed by atoms with E-state index < -0.39 is 18.1 Å². The minimum absolute atomic E-state index is 0.0177. The first-order chi connectivity index (χ1) is 27.1. The van der Waals surface area contributed by atoms with Crippen molar-refractivity contribution in [3.05, 3.63) is 95.7 Å². The van der Waals surface area contributed by atoms with Crippen molar-refractivity contribution in [1.82, 2.24) is 20.6 Å². The molecule has 294 valence electrons. The van der Waals surface area contributed by atoms with Crippen molar-refractivity contribution in [2.75, 3.05) is 35.9 Å². The van der Waals surface area contributed by atoms with Crippen LogP contribution in [0.4, 0.5) is 27.9 Å². The number of benzene rings is 3. The number of hydrogen-bond acceptors (Lipinski definition) is 11. The van der Waals surface area contributed by atoms with E-state index in [1.807, 2.05) is 25.1 Å². The zero-order valence-electron chi connectivity index (χ0n) is 31.7. The lowest BCUT2D eigenvalue weighted by Crippen LogP contribution is -2.55. The van der Waals surface area contributed by atoms with E-state index in [-0.39, 0.29) is 50.1 Å². The number of alkyl carbamates (subject to hydrolysis) is 1. The SMILES string of the molecule is CC[C@@H]1C(=O)N(C)c2cnc(Nc3ccc(C(=O)NCc4ccc(OCC[C@H](NC(=O)OCc5ccccc5)C(=O)O)cc4)cc3OC)nc2N1C1CCCC1.